The number of imide groups is 1. The number of carbonyl (C=O) groups excluding carboxylic acids is 3. The van der Waals surface area contributed by atoms with Crippen molar-refractivity contribution in [1.82, 2.24) is 4.90 Å². The van der Waals surface area contributed by atoms with Crippen LogP contribution in [0.25, 0.3) is 6.08 Å². The van der Waals surface area contributed by atoms with Gasteiger partial charge in [-0.05, 0) is 59.8 Å². The van der Waals surface area contributed by atoms with Crippen LogP contribution in [-0.2, 0) is 16.2 Å². The minimum Gasteiger partial charge on any atom is -0.493 e. The van der Waals surface area contributed by atoms with E-state index in [1.807, 2.05) is 6.07 Å². The molecule has 0 aliphatic carbocycles. The fourth-order valence-corrected chi connectivity index (χ4v) is 4.43. The number of halogens is 2. The van der Waals surface area contributed by atoms with Crippen LogP contribution >= 0.6 is 23.4 Å². The molecular weight excluding hydrogens is 507 g/mol. The van der Waals surface area contributed by atoms with Gasteiger partial charge in [-0.1, -0.05) is 41.9 Å². The molecule has 1 aliphatic rings. The molecule has 0 aromatic heterocycles. The van der Waals surface area contributed by atoms with E-state index in [1.54, 1.807) is 48.5 Å². The molecule has 3 aromatic rings. The molecule has 4 rings (SSSR count). The first kappa shape index (κ1) is 25.3. The lowest BCUT2D eigenvalue weighted by molar-refractivity contribution is -0.127. The largest absolute Gasteiger partial charge is 0.493 e. The molecule has 3 aromatic carbocycles. The number of hydrogen-bond acceptors (Lipinski definition) is 6. The number of thioether (sulfide) groups is 1. The smallest absolute Gasteiger partial charge is 0.294 e. The van der Waals surface area contributed by atoms with Gasteiger partial charge in [-0.15, -0.1) is 0 Å². The Kier molecular flexibility index (Phi) is 7.92. The van der Waals surface area contributed by atoms with Crippen molar-refractivity contribution >= 4 is 52.2 Å². The third-order valence-corrected chi connectivity index (χ3v) is 6.41. The summed E-state index contributed by atoms with van der Waals surface area (Å²) < 4.78 is 25.2. The van der Waals surface area contributed by atoms with Crippen molar-refractivity contribution in [2.75, 3.05) is 19.0 Å². The number of methoxy groups -OCH3 is 1. The van der Waals surface area contributed by atoms with E-state index in [1.165, 1.54) is 25.3 Å². The molecule has 0 radical (unpaired) electrons. The van der Waals surface area contributed by atoms with Crippen molar-refractivity contribution in [3.8, 4) is 11.5 Å². The Morgan fingerprint density at radius 1 is 1.08 bits per heavy atom. The van der Waals surface area contributed by atoms with Crippen molar-refractivity contribution in [3.63, 3.8) is 0 Å². The molecule has 0 spiro atoms. The predicted octanol–water partition coefficient (Wildman–Crippen LogP) is 5.74. The SMILES string of the molecule is COc1ccc(/C=C2\SC(=O)N(CC(=O)Nc3ccccc3)C2=O)cc1OCc1c(F)cccc1Cl. The second kappa shape index (κ2) is 11.3. The first-order valence-electron chi connectivity index (χ1n) is 10.7. The van der Waals surface area contributed by atoms with Gasteiger partial charge in [0.05, 0.1) is 17.0 Å². The normalized spacial score (nSPS) is 14.3. The lowest BCUT2D eigenvalue weighted by Crippen LogP contribution is -2.36. The van der Waals surface area contributed by atoms with E-state index in [-0.39, 0.29) is 22.1 Å². The van der Waals surface area contributed by atoms with Gasteiger partial charge in [-0.2, -0.15) is 0 Å². The summed E-state index contributed by atoms with van der Waals surface area (Å²) in [5, 5.41) is 2.33. The summed E-state index contributed by atoms with van der Waals surface area (Å²) in [7, 11) is 1.46. The van der Waals surface area contributed by atoms with Crippen LogP contribution < -0.4 is 14.8 Å². The maximum atomic E-state index is 14.1. The molecule has 10 heteroatoms. The predicted molar refractivity (Wildman–Crippen MR) is 136 cm³/mol. The number of benzene rings is 3. The second-order valence-corrected chi connectivity index (χ2v) is 8.98. The third kappa shape index (κ3) is 5.87. The van der Waals surface area contributed by atoms with Crippen molar-refractivity contribution in [2.24, 2.45) is 0 Å². The maximum Gasteiger partial charge on any atom is 0.294 e. The summed E-state index contributed by atoms with van der Waals surface area (Å²) in [6, 6.07) is 18.0. The summed E-state index contributed by atoms with van der Waals surface area (Å²) >= 11 is 6.81. The fraction of sp³-hybridized carbons (Fsp3) is 0.115. The first-order valence-corrected chi connectivity index (χ1v) is 11.9. The molecule has 7 nitrogen and oxygen atoms in total. The summed E-state index contributed by atoms with van der Waals surface area (Å²) in [4.78, 5) is 38.6. The Hall–Kier alpha value is -3.82. The molecule has 1 heterocycles. The van der Waals surface area contributed by atoms with Crippen LogP contribution in [0.3, 0.4) is 0 Å². The van der Waals surface area contributed by atoms with Gasteiger partial charge in [0.25, 0.3) is 11.1 Å². The number of carbonyl (C=O) groups is 3. The molecule has 3 amide bonds. The molecule has 0 atom stereocenters. The Morgan fingerprint density at radius 3 is 2.58 bits per heavy atom. The van der Waals surface area contributed by atoms with Gasteiger partial charge in [-0.25, -0.2) is 4.39 Å². The number of anilines is 1. The molecule has 0 bridgehead atoms. The van der Waals surface area contributed by atoms with Crippen molar-refractivity contribution < 1.29 is 28.2 Å². The topological polar surface area (TPSA) is 84.9 Å². The van der Waals surface area contributed by atoms with Crippen molar-refractivity contribution in [1.29, 1.82) is 0 Å². The zero-order chi connectivity index (χ0) is 25.7. The number of rotatable bonds is 8. The molecule has 1 aliphatic heterocycles. The molecule has 36 heavy (non-hydrogen) atoms. The summed E-state index contributed by atoms with van der Waals surface area (Å²) in [6.07, 6.45) is 1.52. The van der Waals surface area contributed by atoms with Crippen LogP contribution in [0.15, 0.2) is 71.6 Å². The quantitative estimate of drug-likeness (QED) is 0.377. The van der Waals surface area contributed by atoms with E-state index in [4.69, 9.17) is 21.1 Å². The number of para-hydroxylation sites is 1. The summed E-state index contributed by atoms with van der Waals surface area (Å²) in [6.45, 7) is -0.546. The highest BCUT2D eigenvalue weighted by Gasteiger charge is 2.36. The zero-order valence-electron chi connectivity index (χ0n) is 19.0. The van der Waals surface area contributed by atoms with E-state index in [9.17, 15) is 18.8 Å². The van der Waals surface area contributed by atoms with Crippen LogP contribution in [0.5, 0.6) is 11.5 Å². The lowest BCUT2D eigenvalue weighted by atomic mass is 10.1. The molecule has 0 unspecified atom stereocenters. The van der Waals surface area contributed by atoms with Crippen LogP contribution in [0, 0.1) is 5.82 Å². The van der Waals surface area contributed by atoms with E-state index in [0.717, 1.165) is 16.7 Å². The average molecular weight is 527 g/mol. The fourth-order valence-electron chi connectivity index (χ4n) is 3.37. The number of hydrogen-bond donors (Lipinski definition) is 1. The summed E-state index contributed by atoms with van der Waals surface area (Å²) in [5.74, 6) is -0.874. The van der Waals surface area contributed by atoms with Crippen LogP contribution in [0.2, 0.25) is 5.02 Å². The summed E-state index contributed by atoms with van der Waals surface area (Å²) in [5.41, 5.74) is 1.30. The molecule has 184 valence electrons. The Morgan fingerprint density at radius 2 is 1.86 bits per heavy atom. The van der Waals surface area contributed by atoms with Gasteiger partial charge < -0.3 is 14.8 Å². The van der Waals surface area contributed by atoms with Crippen LogP contribution in [0.1, 0.15) is 11.1 Å². The Balaban J connectivity index is 1.48. The minimum absolute atomic E-state index is 0.141. The first-order chi connectivity index (χ1) is 17.4. The highest BCUT2D eigenvalue weighted by Crippen LogP contribution is 2.35. The minimum atomic E-state index is -0.579. The molecule has 0 saturated carbocycles. The Labute approximate surface area is 215 Å². The van der Waals surface area contributed by atoms with Gasteiger partial charge in [0.2, 0.25) is 5.91 Å². The highest BCUT2D eigenvalue weighted by molar-refractivity contribution is 8.18. The van der Waals surface area contributed by atoms with Gasteiger partial charge in [0.15, 0.2) is 11.5 Å². The van der Waals surface area contributed by atoms with Crippen molar-refractivity contribution in [3.05, 3.63) is 93.6 Å². The zero-order valence-corrected chi connectivity index (χ0v) is 20.6. The van der Waals surface area contributed by atoms with Gasteiger partial charge in [0.1, 0.15) is 19.0 Å². The standard InChI is InChI=1S/C26H20ClFN2O5S/c1-34-21-11-10-16(12-22(21)35-15-18-19(27)8-5-9-20(18)28)13-23-25(32)30(26(33)36-23)14-24(31)29-17-6-3-2-4-7-17/h2-13H,14-15H2,1H3,(H,29,31)/b23-13-. The van der Waals surface area contributed by atoms with Gasteiger partial charge >= 0.3 is 0 Å². The lowest BCUT2D eigenvalue weighted by Gasteiger charge is -2.13. The average Bonchev–Trinajstić information content (AvgIpc) is 3.11. The third-order valence-electron chi connectivity index (χ3n) is 5.15. The number of ether oxygens (including phenoxy) is 2. The molecule has 1 fully saturated rings. The van der Waals surface area contributed by atoms with E-state index < -0.39 is 29.4 Å². The molecule has 1 saturated heterocycles. The Bertz CT molecular complexity index is 1330. The second-order valence-electron chi connectivity index (χ2n) is 7.58. The molecular formula is C26H20ClFN2O5S. The van der Waals surface area contributed by atoms with Crippen LogP contribution in [0.4, 0.5) is 14.9 Å². The van der Waals surface area contributed by atoms with E-state index in [2.05, 4.69) is 5.32 Å². The van der Waals surface area contributed by atoms with E-state index >= 15 is 0 Å². The number of nitrogens with one attached hydrogen (secondary N) is 1. The van der Waals surface area contributed by atoms with Gasteiger partial charge in [0, 0.05) is 11.3 Å². The number of amides is 3. The van der Waals surface area contributed by atoms with E-state index in [0.29, 0.717) is 22.7 Å². The maximum absolute atomic E-state index is 14.1. The monoisotopic (exact) mass is 526 g/mol. The molecule has 1 N–H and O–H groups in total. The number of nitrogens with zero attached hydrogens (tertiary/aromatic N) is 1. The van der Waals surface area contributed by atoms with Crippen molar-refractivity contribution in [2.45, 2.75) is 6.61 Å². The van der Waals surface area contributed by atoms with Gasteiger partial charge in [-0.3, -0.25) is 19.3 Å². The highest BCUT2D eigenvalue weighted by atomic mass is 35.5. The van der Waals surface area contributed by atoms with Crippen LogP contribution in [-0.4, -0.2) is 35.6 Å².